The first-order valence-electron chi connectivity index (χ1n) is 2.20. The quantitative estimate of drug-likeness (QED) is 0.451. The molecule has 0 bridgehead atoms. The maximum atomic E-state index is 4.72. The molecule has 0 N–H and O–H groups in total. The Labute approximate surface area is 47.3 Å². The molecule has 0 aliphatic carbocycles. The van der Waals surface area contributed by atoms with E-state index in [1.807, 2.05) is 0 Å². The van der Waals surface area contributed by atoms with E-state index in [2.05, 4.69) is 9.47 Å². The van der Waals surface area contributed by atoms with Gasteiger partial charge in [-0.15, -0.1) is 0 Å². The molecule has 47 valence electrons. The molecular formula is C4H7O4. The Morgan fingerprint density at radius 1 is 0.875 bits per heavy atom. The van der Waals surface area contributed by atoms with Gasteiger partial charge in [0.1, 0.15) is 0 Å². The van der Waals surface area contributed by atoms with E-state index in [9.17, 15) is 0 Å². The number of ether oxygens (including phenoxy) is 4. The minimum absolute atomic E-state index is 0.194. The van der Waals surface area contributed by atoms with Crippen LogP contribution in [0.5, 0.6) is 0 Å². The van der Waals surface area contributed by atoms with Crippen LogP contribution in [0.25, 0.3) is 0 Å². The number of hydrogen-bond donors (Lipinski definition) is 0. The van der Waals surface area contributed by atoms with Crippen LogP contribution in [-0.2, 0) is 18.9 Å². The Bertz CT molecular complexity index is 32.0. The van der Waals surface area contributed by atoms with E-state index in [-0.39, 0.29) is 20.4 Å². The van der Waals surface area contributed by atoms with E-state index in [1.54, 1.807) is 0 Å². The molecule has 1 aliphatic heterocycles. The van der Waals surface area contributed by atoms with Crippen molar-refractivity contribution in [1.29, 1.82) is 0 Å². The monoisotopic (exact) mass is 119 g/mol. The molecule has 4 nitrogen and oxygen atoms in total. The third kappa shape index (κ3) is 2.23. The highest BCUT2D eigenvalue weighted by atomic mass is 16.8. The molecule has 1 fully saturated rings. The molecule has 1 heterocycles. The Morgan fingerprint density at radius 3 is 2.12 bits per heavy atom. The first kappa shape index (κ1) is 5.97. The van der Waals surface area contributed by atoms with E-state index < -0.39 is 0 Å². The number of rotatable bonds is 0. The van der Waals surface area contributed by atoms with Crippen LogP contribution in [0.4, 0.5) is 0 Å². The Hall–Kier alpha value is -0.160. The van der Waals surface area contributed by atoms with E-state index in [1.165, 1.54) is 6.79 Å². The van der Waals surface area contributed by atoms with Crippen molar-refractivity contribution in [2.45, 2.75) is 0 Å². The molecule has 1 aliphatic rings. The average molecular weight is 119 g/mol. The van der Waals surface area contributed by atoms with Crippen molar-refractivity contribution in [2.75, 3.05) is 20.4 Å². The van der Waals surface area contributed by atoms with Crippen molar-refractivity contribution in [3.05, 3.63) is 6.79 Å². The third-order valence-corrected chi connectivity index (χ3v) is 0.605. The summed E-state index contributed by atoms with van der Waals surface area (Å²) in [5, 5.41) is 0. The summed E-state index contributed by atoms with van der Waals surface area (Å²) in [4.78, 5) is 0. The molecular weight excluding hydrogens is 112 g/mol. The second-order valence-electron chi connectivity index (χ2n) is 1.19. The lowest BCUT2D eigenvalue weighted by Gasteiger charge is -2.09. The minimum atomic E-state index is 0.194. The summed E-state index contributed by atoms with van der Waals surface area (Å²) >= 11 is 0. The average Bonchev–Trinajstić information content (AvgIpc) is 1.62. The minimum Gasteiger partial charge on any atom is -0.329 e. The molecule has 1 saturated heterocycles. The predicted octanol–water partition coefficient (Wildman–Crippen LogP) is 0.0582. The summed E-state index contributed by atoms with van der Waals surface area (Å²) < 4.78 is 18.7. The summed E-state index contributed by atoms with van der Waals surface area (Å²) in [6, 6.07) is 0. The van der Waals surface area contributed by atoms with Crippen LogP contribution in [-0.4, -0.2) is 20.4 Å². The smallest absolute Gasteiger partial charge is 0.214 e. The molecule has 0 spiro atoms. The maximum absolute atomic E-state index is 4.72. The highest BCUT2D eigenvalue weighted by Gasteiger charge is 1.94. The molecule has 1 radical (unpaired) electrons. The lowest BCUT2D eigenvalue weighted by molar-refractivity contribution is -0.216. The van der Waals surface area contributed by atoms with Gasteiger partial charge in [0.05, 0.1) is 0 Å². The molecule has 0 atom stereocenters. The second kappa shape index (κ2) is 3.80. The maximum Gasteiger partial charge on any atom is 0.214 e. The normalized spacial score (nSPS) is 24.0. The van der Waals surface area contributed by atoms with Crippen LogP contribution < -0.4 is 0 Å². The Balaban J connectivity index is 2.00. The van der Waals surface area contributed by atoms with Gasteiger partial charge in [-0.3, -0.25) is 0 Å². The molecule has 0 saturated carbocycles. The van der Waals surface area contributed by atoms with Crippen molar-refractivity contribution in [1.82, 2.24) is 0 Å². The fourth-order valence-corrected chi connectivity index (χ4v) is 0.327. The second-order valence-corrected chi connectivity index (χ2v) is 1.19. The summed E-state index contributed by atoms with van der Waals surface area (Å²) in [6.07, 6.45) is 0. The van der Waals surface area contributed by atoms with Crippen molar-refractivity contribution in [3.63, 3.8) is 0 Å². The van der Waals surface area contributed by atoms with Gasteiger partial charge in [0.15, 0.2) is 20.4 Å². The molecule has 4 heteroatoms. The van der Waals surface area contributed by atoms with Gasteiger partial charge in [0, 0.05) is 0 Å². The van der Waals surface area contributed by atoms with Crippen molar-refractivity contribution < 1.29 is 18.9 Å². The van der Waals surface area contributed by atoms with Gasteiger partial charge >= 0.3 is 0 Å². The van der Waals surface area contributed by atoms with Crippen molar-refractivity contribution in [2.24, 2.45) is 0 Å². The van der Waals surface area contributed by atoms with Crippen LogP contribution in [0.3, 0.4) is 0 Å². The zero-order valence-corrected chi connectivity index (χ0v) is 4.33. The highest BCUT2D eigenvalue weighted by Crippen LogP contribution is 1.91. The van der Waals surface area contributed by atoms with Crippen molar-refractivity contribution in [3.8, 4) is 0 Å². The predicted molar refractivity (Wildman–Crippen MR) is 23.2 cm³/mol. The fourth-order valence-electron chi connectivity index (χ4n) is 0.327. The molecule has 0 aromatic heterocycles. The molecule has 0 aromatic rings. The lowest BCUT2D eigenvalue weighted by atomic mass is 11.2. The summed E-state index contributed by atoms with van der Waals surface area (Å²) in [7, 11) is 0. The highest BCUT2D eigenvalue weighted by molar-refractivity contribution is 4.23. The molecule has 0 aromatic carbocycles. The van der Waals surface area contributed by atoms with E-state index in [0.29, 0.717) is 0 Å². The van der Waals surface area contributed by atoms with Gasteiger partial charge in [0.25, 0.3) is 0 Å². The van der Waals surface area contributed by atoms with E-state index in [4.69, 9.17) is 9.47 Å². The summed E-state index contributed by atoms with van der Waals surface area (Å²) in [6.45, 7) is 1.81. The SMILES string of the molecule is [CH]1OCOCOCO1. The Kier molecular flexibility index (Phi) is 2.83. The van der Waals surface area contributed by atoms with E-state index in [0.717, 1.165) is 0 Å². The number of hydrogen-bond acceptors (Lipinski definition) is 4. The third-order valence-electron chi connectivity index (χ3n) is 0.605. The van der Waals surface area contributed by atoms with Crippen LogP contribution in [0.15, 0.2) is 0 Å². The molecule has 1 rings (SSSR count). The lowest BCUT2D eigenvalue weighted by Crippen LogP contribution is -2.11. The largest absolute Gasteiger partial charge is 0.329 e. The van der Waals surface area contributed by atoms with Gasteiger partial charge in [-0.05, 0) is 0 Å². The summed E-state index contributed by atoms with van der Waals surface area (Å²) in [5.74, 6) is 0. The Morgan fingerprint density at radius 2 is 1.50 bits per heavy atom. The van der Waals surface area contributed by atoms with Crippen molar-refractivity contribution >= 4 is 0 Å². The van der Waals surface area contributed by atoms with Crippen LogP contribution in [0.2, 0.25) is 0 Å². The molecule has 0 amide bonds. The van der Waals surface area contributed by atoms with Gasteiger partial charge in [-0.1, -0.05) is 0 Å². The van der Waals surface area contributed by atoms with Crippen LogP contribution >= 0.6 is 0 Å². The topological polar surface area (TPSA) is 36.9 Å². The van der Waals surface area contributed by atoms with Crippen LogP contribution in [0, 0.1) is 6.79 Å². The standard InChI is InChI=1S/C4H7O4/c1-5-2-7-4-8-3-6-1/h1H,2-4H2. The van der Waals surface area contributed by atoms with Gasteiger partial charge in [-0.2, -0.15) is 0 Å². The zero-order valence-electron chi connectivity index (χ0n) is 4.33. The molecule has 0 unspecified atom stereocenters. The zero-order chi connectivity index (χ0) is 5.66. The van der Waals surface area contributed by atoms with Gasteiger partial charge in [-0.25, -0.2) is 0 Å². The first-order chi connectivity index (χ1) is 4.00. The van der Waals surface area contributed by atoms with Gasteiger partial charge < -0.3 is 18.9 Å². The van der Waals surface area contributed by atoms with Gasteiger partial charge in [0.2, 0.25) is 6.79 Å². The van der Waals surface area contributed by atoms with Crippen LogP contribution in [0.1, 0.15) is 0 Å². The summed E-state index contributed by atoms with van der Waals surface area (Å²) in [5.41, 5.74) is 0. The fraction of sp³-hybridized carbons (Fsp3) is 0.750. The first-order valence-corrected chi connectivity index (χ1v) is 2.20. The molecule has 8 heavy (non-hydrogen) atoms. The van der Waals surface area contributed by atoms with E-state index >= 15 is 0 Å².